The number of carbonyl (C=O) groups excluding carboxylic acids is 3. The summed E-state index contributed by atoms with van der Waals surface area (Å²) in [6, 6.07) is 7.86. The summed E-state index contributed by atoms with van der Waals surface area (Å²) in [4.78, 5) is 49.1. The summed E-state index contributed by atoms with van der Waals surface area (Å²) in [5, 5.41) is 17.7. The SMILES string of the molecule is CCOC(=O)c1c(NC(=O)C(=O)N/N=C/c2ccc(-c3cccc([N+](=O)[O-])c3C)o2)sc2c1CCCC2. The Labute approximate surface area is 215 Å². The molecule has 1 aromatic carbocycles. The summed E-state index contributed by atoms with van der Waals surface area (Å²) < 4.78 is 10.8. The van der Waals surface area contributed by atoms with Crippen LogP contribution in [0.25, 0.3) is 11.3 Å². The second-order valence-corrected chi connectivity index (χ2v) is 9.30. The molecule has 12 heteroatoms. The first-order valence-corrected chi connectivity index (χ1v) is 12.4. The molecule has 37 heavy (non-hydrogen) atoms. The Hall–Kier alpha value is -4.32. The molecular weight excluding hydrogens is 500 g/mol. The van der Waals surface area contributed by atoms with Gasteiger partial charge in [-0.05, 0) is 57.2 Å². The molecule has 2 N–H and O–H groups in total. The van der Waals surface area contributed by atoms with Gasteiger partial charge in [0.05, 0.1) is 23.3 Å². The number of aryl methyl sites for hydroxylation is 1. The summed E-state index contributed by atoms with van der Waals surface area (Å²) in [6.07, 6.45) is 4.66. The number of nitrogens with one attached hydrogen (secondary N) is 2. The minimum atomic E-state index is -1.03. The molecular formula is C25H24N4O7S. The third kappa shape index (κ3) is 5.59. The number of carbonyl (C=O) groups is 3. The molecule has 0 fully saturated rings. The number of thiophene rings is 1. The van der Waals surface area contributed by atoms with Crippen LogP contribution in [0, 0.1) is 17.0 Å². The highest BCUT2D eigenvalue weighted by atomic mass is 32.1. The number of hydrazone groups is 1. The number of hydrogen-bond acceptors (Lipinski definition) is 9. The lowest BCUT2D eigenvalue weighted by molar-refractivity contribution is -0.385. The second kappa shape index (κ2) is 11.2. The number of furan rings is 1. The maximum absolute atomic E-state index is 12.5. The molecule has 0 atom stereocenters. The van der Waals surface area contributed by atoms with E-state index in [1.54, 1.807) is 38.1 Å². The standard InChI is InChI=1S/C25H24N4O7S/c1-3-35-25(32)21-17-7-4-5-10-20(17)37-24(21)27-22(30)23(31)28-26-13-15-11-12-19(36-15)16-8-6-9-18(14(16)2)29(33)34/h6,8-9,11-13H,3-5,7,10H2,1-2H3,(H,27,30)(H,28,31)/b26-13+. The van der Waals surface area contributed by atoms with Gasteiger partial charge in [-0.15, -0.1) is 11.3 Å². The van der Waals surface area contributed by atoms with Crippen LogP contribution in [0.3, 0.4) is 0 Å². The predicted octanol–water partition coefficient (Wildman–Crippen LogP) is 4.37. The van der Waals surface area contributed by atoms with Crippen molar-refractivity contribution in [2.45, 2.75) is 39.5 Å². The van der Waals surface area contributed by atoms with Gasteiger partial charge in [0, 0.05) is 22.1 Å². The first-order valence-electron chi connectivity index (χ1n) is 11.6. The largest absolute Gasteiger partial charge is 0.462 e. The van der Waals surface area contributed by atoms with Crippen LogP contribution in [0.2, 0.25) is 0 Å². The summed E-state index contributed by atoms with van der Waals surface area (Å²) in [5.74, 6) is -1.88. The third-order valence-corrected chi connectivity index (χ3v) is 7.04. The van der Waals surface area contributed by atoms with Crippen LogP contribution in [0.4, 0.5) is 10.7 Å². The van der Waals surface area contributed by atoms with E-state index in [0.29, 0.717) is 28.9 Å². The number of fused-ring (bicyclic) bond motifs is 1. The molecule has 0 aliphatic heterocycles. The molecule has 0 radical (unpaired) electrons. The Morgan fingerprint density at radius 1 is 1.19 bits per heavy atom. The minimum absolute atomic E-state index is 0.0277. The first kappa shape index (κ1) is 25.8. The van der Waals surface area contributed by atoms with Gasteiger partial charge in [0.25, 0.3) is 5.69 Å². The number of nitro groups is 1. The Bertz CT molecular complexity index is 1410. The second-order valence-electron chi connectivity index (χ2n) is 8.20. The average Bonchev–Trinajstić information content (AvgIpc) is 3.48. The lowest BCUT2D eigenvalue weighted by Crippen LogP contribution is -2.32. The van der Waals surface area contributed by atoms with E-state index in [9.17, 15) is 24.5 Å². The zero-order valence-electron chi connectivity index (χ0n) is 20.2. The number of ether oxygens (including phenoxy) is 1. The number of amides is 2. The molecule has 11 nitrogen and oxygen atoms in total. The number of benzene rings is 1. The number of rotatable bonds is 7. The summed E-state index contributed by atoms with van der Waals surface area (Å²) in [6.45, 7) is 3.52. The van der Waals surface area contributed by atoms with Crippen molar-refractivity contribution >= 4 is 46.0 Å². The van der Waals surface area contributed by atoms with E-state index in [1.165, 1.54) is 23.6 Å². The van der Waals surface area contributed by atoms with E-state index in [2.05, 4.69) is 15.8 Å². The molecule has 0 saturated carbocycles. The number of hydrogen-bond donors (Lipinski definition) is 2. The number of nitrogens with zero attached hydrogens (tertiary/aromatic N) is 2. The van der Waals surface area contributed by atoms with Crippen LogP contribution in [-0.2, 0) is 27.2 Å². The highest BCUT2D eigenvalue weighted by molar-refractivity contribution is 7.17. The van der Waals surface area contributed by atoms with Gasteiger partial charge in [-0.3, -0.25) is 19.7 Å². The average molecular weight is 525 g/mol. The van der Waals surface area contributed by atoms with Crippen LogP contribution in [0.1, 0.15) is 51.9 Å². The lowest BCUT2D eigenvalue weighted by atomic mass is 9.95. The third-order valence-electron chi connectivity index (χ3n) is 5.84. The Morgan fingerprint density at radius 2 is 1.97 bits per heavy atom. The van der Waals surface area contributed by atoms with Crippen molar-refractivity contribution in [3.8, 4) is 11.3 Å². The molecule has 2 aromatic heterocycles. The van der Waals surface area contributed by atoms with Crippen molar-refractivity contribution in [1.82, 2.24) is 5.43 Å². The van der Waals surface area contributed by atoms with E-state index in [0.717, 1.165) is 29.7 Å². The van der Waals surface area contributed by atoms with Crippen LogP contribution < -0.4 is 10.7 Å². The molecule has 1 aliphatic rings. The Kier molecular flexibility index (Phi) is 7.77. The minimum Gasteiger partial charge on any atom is -0.462 e. The lowest BCUT2D eigenvalue weighted by Gasteiger charge is -2.12. The molecule has 0 unspecified atom stereocenters. The van der Waals surface area contributed by atoms with Gasteiger partial charge in [0.15, 0.2) is 0 Å². The monoisotopic (exact) mass is 524 g/mol. The van der Waals surface area contributed by atoms with E-state index in [1.807, 2.05) is 0 Å². The Balaban J connectivity index is 1.42. The molecule has 2 amide bonds. The highest BCUT2D eigenvalue weighted by Gasteiger charge is 2.28. The van der Waals surface area contributed by atoms with Gasteiger partial charge in [-0.1, -0.05) is 12.1 Å². The smallest absolute Gasteiger partial charge is 0.341 e. The van der Waals surface area contributed by atoms with Crippen LogP contribution >= 0.6 is 11.3 Å². The number of esters is 1. The zero-order chi connectivity index (χ0) is 26.5. The fraction of sp³-hybridized carbons (Fsp3) is 0.280. The maximum atomic E-state index is 12.5. The van der Waals surface area contributed by atoms with Gasteiger partial charge in [0.1, 0.15) is 16.5 Å². The Morgan fingerprint density at radius 3 is 2.73 bits per heavy atom. The van der Waals surface area contributed by atoms with E-state index in [4.69, 9.17) is 9.15 Å². The molecule has 0 saturated heterocycles. The van der Waals surface area contributed by atoms with Crippen LogP contribution in [0.15, 0.2) is 39.9 Å². The van der Waals surface area contributed by atoms with Crippen LogP contribution in [-0.4, -0.2) is 35.5 Å². The van der Waals surface area contributed by atoms with Gasteiger partial charge in [-0.25, -0.2) is 10.2 Å². The van der Waals surface area contributed by atoms with Gasteiger partial charge < -0.3 is 14.5 Å². The van der Waals surface area contributed by atoms with Crippen molar-refractivity contribution < 1.29 is 28.5 Å². The summed E-state index contributed by atoms with van der Waals surface area (Å²) >= 11 is 1.28. The number of anilines is 1. The van der Waals surface area contributed by atoms with Crippen molar-refractivity contribution in [3.63, 3.8) is 0 Å². The fourth-order valence-electron chi connectivity index (χ4n) is 4.09. The normalized spacial score (nSPS) is 12.7. The molecule has 0 bridgehead atoms. The van der Waals surface area contributed by atoms with Crippen molar-refractivity contribution in [1.29, 1.82) is 0 Å². The molecule has 192 valence electrons. The first-order chi connectivity index (χ1) is 17.8. The van der Waals surface area contributed by atoms with Gasteiger partial charge in [0.2, 0.25) is 0 Å². The quantitative estimate of drug-likeness (QED) is 0.153. The number of nitro benzene ring substituents is 1. The predicted molar refractivity (Wildman–Crippen MR) is 137 cm³/mol. The molecule has 0 spiro atoms. The van der Waals surface area contributed by atoms with E-state index >= 15 is 0 Å². The van der Waals surface area contributed by atoms with E-state index < -0.39 is 22.7 Å². The van der Waals surface area contributed by atoms with Crippen molar-refractivity contribution in [3.05, 3.63) is 67.8 Å². The van der Waals surface area contributed by atoms with Gasteiger partial charge in [-0.2, -0.15) is 5.10 Å². The highest BCUT2D eigenvalue weighted by Crippen LogP contribution is 2.38. The molecule has 2 heterocycles. The van der Waals surface area contributed by atoms with Crippen molar-refractivity contribution in [2.75, 3.05) is 11.9 Å². The van der Waals surface area contributed by atoms with Crippen LogP contribution in [0.5, 0.6) is 0 Å². The summed E-state index contributed by atoms with van der Waals surface area (Å²) in [5.41, 5.74) is 4.28. The zero-order valence-corrected chi connectivity index (χ0v) is 21.0. The van der Waals surface area contributed by atoms with E-state index in [-0.39, 0.29) is 23.1 Å². The van der Waals surface area contributed by atoms with Crippen molar-refractivity contribution in [2.24, 2.45) is 5.10 Å². The van der Waals surface area contributed by atoms with Gasteiger partial charge >= 0.3 is 17.8 Å². The maximum Gasteiger partial charge on any atom is 0.341 e. The summed E-state index contributed by atoms with van der Waals surface area (Å²) in [7, 11) is 0. The topological polar surface area (TPSA) is 153 Å². The fourth-order valence-corrected chi connectivity index (χ4v) is 5.37. The molecule has 4 rings (SSSR count). The molecule has 3 aromatic rings. The molecule has 1 aliphatic carbocycles.